The molecule has 0 saturated carbocycles. The van der Waals surface area contributed by atoms with E-state index in [0.717, 1.165) is 0 Å². The van der Waals surface area contributed by atoms with Crippen molar-refractivity contribution in [2.45, 2.75) is 77.6 Å². The summed E-state index contributed by atoms with van der Waals surface area (Å²) in [6.07, 6.45) is 2.37. The zero-order chi connectivity index (χ0) is 44.3. The van der Waals surface area contributed by atoms with E-state index in [0.29, 0.717) is 0 Å². The van der Waals surface area contributed by atoms with E-state index in [4.69, 9.17) is 0 Å². The highest BCUT2D eigenvalue weighted by Gasteiger charge is 2.47. The van der Waals surface area contributed by atoms with Crippen LogP contribution in [-0.4, -0.2) is 11.4 Å². The molecule has 8 aromatic carbocycles. The van der Waals surface area contributed by atoms with E-state index in [9.17, 15) is 0 Å². The van der Waals surface area contributed by atoms with E-state index in [1.807, 2.05) is 34.0 Å². The average molecular weight is 903 g/mol. The molecule has 15 rings (SSSR count). The lowest BCUT2D eigenvalue weighted by atomic mass is 9.43. The maximum Gasteiger partial charge on any atom is 0.333 e. The zero-order valence-corrected chi connectivity index (χ0v) is 40.8. The summed E-state index contributed by atoms with van der Waals surface area (Å²) in [6, 6.07) is 52.6. The minimum atomic E-state index is -0.0808. The van der Waals surface area contributed by atoms with Gasteiger partial charge < -0.3 is 9.38 Å². The lowest BCUT2D eigenvalue weighted by Crippen LogP contribution is -2.60. The standard InChI is InChI=1S/C60H47BN2S3/c1-58(2,3)32-20-22-33(23-21-32)63-45-30-50-37(34-14-8-11-17-47(34)64-50)26-39(45)52-53-36-16-10-13-19-49(36)66-57(53)54-40-27-41-42(60(6,7)25-24-59(41,4)5)29-44(40)62-46-31-51-38(35-15-9-12-18-48(35)65-51)28-43(46)61(63)55(52)56(54)62/h8-23,26-31H,24-25H2,1-7H3. The summed E-state index contributed by atoms with van der Waals surface area (Å²) in [7, 11) is 0. The van der Waals surface area contributed by atoms with Gasteiger partial charge in [-0.3, -0.25) is 0 Å². The van der Waals surface area contributed by atoms with Gasteiger partial charge in [0.15, 0.2) is 0 Å². The van der Waals surface area contributed by atoms with Gasteiger partial charge in [-0.2, -0.15) is 0 Å². The van der Waals surface area contributed by atoms with Gasteiger partial charge in [-0.15, -0.1) is 34.0 Å². The second kappa shape index (κ2) is 12.5. The third-order valence-corrected chi connectivity index (χ3v) is 19.6. The lowest BCUT2D eigenvalue weighted by molar-refractivity contribution is 0.332. The molecule has 318 valence electrons. The van der Waals surface area contributed by atoms with Crippen LogP contribution in [0, 0.1) is 0 Å². The Morgan fingerprint density at radius 2 is 1.11 bits per heavy atom. The molecule has 12 aromatic rings. The number of nitrogens with zero attached hydrogens (tertiary/aromatic N) is 2. The van der Waals surface area contributed by atoms with Crippen LogP contribution < -0.4 is 15.7 Å². The molecule has 0 spiro atoms. The Morgan fingerprint density at radius 1 is 0.530 bits per heavy atom. The highest BCUT2D eigenvalue weighted by atomic mass is 32.1. The Morgan fingerprint density at radius 3 is 1.76 bits per heavy atom. The minimum absolute atomic E-state index is 0.0399. The lowest BCUT2D eigenvalue weighted by Gasteiger charge is -2.42. The normalized spacial score (nSPS) is 16.2. The Kier molecular flexibility index (Phi) is 7.26. The van der Waals surface area contributed by atoms with Crippen LogP contribution in [0.3, 0.4) is 0 Å². The molecule has 6 heterocycles. The Hall–Kier alpha value is -5.92. The van der Waals surface area contributed by atoms with Gasteiger partial charge in [-0.05, 0) is 123 Å². The van der Waals surface area contributed by atoms with E-state index in [1.54, 1.807) is 0 Å². The third-order valence-electron chi connectivity index (χ3n) is 16.2. The Labute approximate surface area is 396 Å². The number of hydrogen-bond donors (Lipinski definition) is 0. The molecular weight excluding hydrogens is 856 g/mol. The van der Waals surface area contributed by atoms with E-state index in [1.165, 1.54) is 151 Å². The van der Waals surface area contributed by atoms with Crippen molar-refractivity contribution >= 4 is 145 Å². The number of hydrogen-bond acceptors (Lipinski definition) is 4. The first kappa shape index (κ1) is 38.2. The molecular formula is C60H47BN2S3. The largest absolute Gasteiger partial charge is 0.376 e. The van der Waals surface area contributed by atoms with Gasteiger partial charge in [0.2, 0.25) is 0 Å². The summed E-state index contributed by atoms with van der Waals surface area (Å²) in [4.78, 5) is 2.76. The maximum atomic E-state index is 2.76. The first-order valence-electron chi connectivity index (χ1n) is 23.7. The van der Waals surface area contributed by atoms with Crippen molar-refractivity contribution in [1.29, 1.82) is 0 Å². The van der Waals surface area contributed by atoms with Crippen molar-refractivity contribution in [2.75, 3.05) is 4.81 Å². The van der Waals surface area contributed by atoms with Crippen LogP contribution in [0.1, 0.15) is 78.0 Å². The molecule has 6 heteroatoms. The molecule has 0 atom stereocenters. The van der Waals surface area contributed by atoms with Crippen LogP contribution in [0.5, 0.6) is 0 Å². The topological polar surface area (TPSA) is 8.17 Å². The van der Waals surface area contributed by atoms with E-state index in [-0.39, 0.29) is 23.1 Å². The molecule has 0 N–H and O–H groups in total. The average Bonchev–Trinajstić information content (AvgIpc) is 4.07. The molecule has 1 aliphatic carbocycles. The summed E-state index contributed by atoms with van der Waals surface area (Å²) in [6.45, 7) is 16.8. The van der Waals surface area contributed by atoms with Crippen molar-refractivity contribution < 1.29 is 0 Å². The van der Waals surface area contributed by atoms with Gasteiger partial charge in [-0.1, -0.05) is 121 Å². The van der Waals surface area contributed by atoms with Gasteiger partial charge in [0, 0.05) is 93.9 Å². The predicted octanol–water partition coefficient (Wildman–Crippen LogP) is 16.8. The van der Waals surface area contributed by atoms with Gasteiger partial charge in [0.25, 0.3) is 0 Å². The minimum Gasteiger partial charge on any atom is -0.376 e. The van der Waals surface area contributed by atoms with Crippen LogP contribution >= 0.6 is 34.0 Å². The molecule has 0 radical (unpaired) electrons. The maximum absolute atomic E-state index is 2.76. The van der Waals surface area contributed by atoms with Gasteiger partial charge in [-0.25, -0.2) is 0 Å². The van der Waals surface area contributed by atoms with Crippen molar-refractivity contribution in [2.24, 2.45) is 0 Å². The molecule has 0 saturated heterocycles. The molecule has 3 aliphatic rings. The van der Waals surface area contributed by atoms with Crippen LogP contribution in [0.25, 0.3) is 99.1 Å². The summed E-state index contributed by atoms with van der Waals surface area (Å²) in [5, 5.41) is 11.0. The molecule has 0 amide bonds. The van der Waals surface area contributed by atoms with E-state index in [2.05, 4.69) is 191 Å². The fraction of sp³-hybridized carbons (Fsp3) is 0.200. The summed E-state index contributed by atoms with van der Waals surface area (Å²) >= 11 is 5.87. The van der Waals surface area contributed by atoms with Crippen molar-refractivity contribution in [3.05, 3.63) is 150 Å². The second-order valence-corrected chi connectivity index (χ2v) is 25.1. The second-order valence-electron chi connectivity index (χ2n) is 21.9. The van der Waals surface area contributed by atoms with E-state index < -0.39 is 0 Å². The summed E-state index contributed by atoms with van der Waals surface area (Å²) in [5.41, 5.74) is 16.7. The zero-order valence-electron chi connectivity index (χ0n) is 38.3. The number of aromatic nitrogens is 1. The molecule has 0 fully saturated rings. The quantitative estimate of drug-likeness (QED) is 0.149. The van der Waals surface area contributed by atoms with Crippen LogP contribution in [0.2, 0.25) is 0 Å². The predicted molar refractivity (Wildman–Crippen MR) is 292 cm³/mol. The van der Waals surface area contributed by atoms with Gasteiger partial charge in [0.1, 0.15) is 0 Å². The SMILES string of the molecule is CC(C)(C)c1ccc(N2B3c4cc5c(cc4-n4c6cc7c(cc6c6c8sc9ccccc9c8c(c3c64)-c3cc4c(cc32)sc2ccccc24)C(C)(C)CCC7(C)C)sc2ccccc25)cc1. The highest BCUT2D eigenvalue weighted by molar-refractivity contribution is 7.27. The van der Waals surface area contributed by atoms with Crippen LogP contribution in [0.15, 0.2) is 133 Å². The monoisotopic (exact) mass is 902 g/mol. The number of anilines is 2. The van der Waals surface area contributed by atoms with Crippen LogP contribution in [0.4, 0.5) is 11.4 Å². The summed E-state index contributed by atoms with van der Waals surface area (Å²) in [5.74, 6) is 0. The first-order valence-corrected chi connectivity index (χ1v) is 26.1. The number of rotatable bonds is 1. The van der Waals surface area contributed by atoms with Gasteiger partial charge >= 0.3 is 6.85 Å². The molecule has 2 aliphatic heterocycles. The fourth-order valence-electron chi connectivity index (χ4n) is 12.7. The number of benzene rings is 8. The summed E-state index contributed by atoms with van der Waals surface area (Å²) < 4.78 is 10.9. The highest BCUT2D eigenvalue weighted by Crippen LogP contribution is 2.56. The smallest absolute Gasteiger partial charge is 0.333 e. The number of fused-ring (bicyclic) bond motifs is 20. The molecule has 4 aromatic heterocycles. The van der Waals surface area contributed by atoms with Crippen molar-refractivity contribution in [1.82, 2.24) is 4.57 Å². The first-order chi connectivity index (χ1) is 31.8. The molecule has 0 unspecified atom stereocenters. The molecule has 66 heavy (non-hydrogen) atoms. The fourth-order valence-corrected chi connectivity index (χ4v) is 16.2. The number of thiophene rings is 3. The van der Waals surface area contributed by atoms with Crippen molar-refractivity contribution in [3.8, 4) is 16.8 Å². The Bertz CT molecular complexity index is 4170. The Balaban J connectivity index is 1.21. The third kappa shape index (κ3) is 4.82. The molecule has 2 nitrogen and oxygen atoms in total. The van der Waals surface area contributed by atoms with E-state index >= 15 is 0 Å². The molecule has 0 bridgehead atoms. The van der Waals surface area contributed by atoms with Gasteiger partial charge in [0.05, 0.1) is 11.0 Å². The van der Waals surface area contributed by atoms with Crippen LogP contribution in [-0.2, 0) is 16.2 Å². The van der Waals surface area contributed by atoms with Crippen molar-refractivity contribution in [3.63, 3.8) is 0 Å².